The number of anilines is 1. The highest BCUT2D eigenvalue weighted by Crippen LogP contribution is 2.42. The van der Waals surface area contributed by atoms with E-state index in [0.29, 0.717) is 5.92 Å². The zero-order valence-corrected chi connectivity index (χ0v) is 44.8. The highest BCUT2D eigenvalue weighted by molar-refractivity contribution is 6.08. The smallest absolute Gasteiger partial charge is 0.0470 e. The second-order valence-electron chi connectivity index (χ2n) is 21.5. The zero-order valence-electron chi connectivity index (χ0n) is 44.8. The van der Waals surface area contributed by atoms with Gasteiger partial charge in [0.2, 0.25) is 0 Å². The summed E-state index contributed by atoms with van der Waals surface area (Å²) in [6.45, 7) is 42.7. The lowest BCUT2D eigenvalue weighted by Crippen LogP contribution is -2.23. The monoisotopic (exact) mass is 871 g/mol. The van der Waals surface area contributed by atoms with Gasteiger partial charge in [-0.05, 0) is 133 Å². The van der Waals surface area contributed by atoms with Crippen LogP contribution in [0.2, 0.25) is 0 Å². The molecule has 0 saturated heterocycles. The number of nitrogens with two attached hydrogens (primary N) is 1. The van der Waals surface area contributed by atoms with Gasteiger partial charge < -0.3 is 10.7 Å². The van der Waals surface area contributed by atoms with Gasteiger partial charge in [-0.2, -0.15) is 0 Å². The molecule has 0 fully saturated rings. The van der Waals surface area contributed by atoms with Gasteiger partial charge in [-0.15, -0.1) is 0 Å². The van der Waals surface area contributed by atoms with Crippen molar-refractivity contribution >= 4 is 38.6 Å². The van der Waals surface area contributed by atoms with Crippen LogP contribution in [0.15, 0.2) is 84.5 Å². The van der Waals surface area contributed by atoms with Crippen molar-refractivity contribution in [2.75, 3.05) is 5.73 Å². The van der Waals surface area contributed by atoms with Gasteiger partial charge in [0, 0.05) is 33.1 Å². The van der Waals surface area contributed by atoms with Crippen molar-refractivity contribution in [2.24, 2.45) is 11.3 Å². The lowest BCUT2D eigenvalue weighted by Gasteiger charge is -2.32. The van der Waals surface area contributed by atoms with Crippen LogP contribution in [-0.4, -0.2) is 4.98 Å². The summed E-state index contributed by atoms with van der Waals surface area (Å²) < 4.78 is 0. The summed E-state index contributed by atoms with van der Waals surface area (Å²) in [6.07, 6.45) is 26.0. The van der Waals surface area contributed by atoms with Crippen LogP contribution in [0, 0.1) is 18.3 Å². The minimum absolute atomic E-state index is 0.00963. The number of benzene rings is 3. The summed E-state index contributed by atoms with van der Waals surface area (Å²) in [5.74, 6) is 0.425. The van der Waals surface area contributed by atoms with Crippen LogP contribution in [0.5, 0.6) is 0 Å². The summed E-state index contributed by atoms with van der Waals surface area (Å²) in [7, 11) is 0. The second kappa shape index (κ2) is 27.0. The summed E-state index contributed by atoms with van der Waals surface area (Å²) in [5, 5.41) is 2.58. The van der Waals surface area contributed by atoms with E-state index in [-0.39, 0.29) is 16.2 Å². The van der Waals surface area contributed by atoms with Crippen molar-refractivity contribution in [1.82, 2.24) is 4.98 Å². The van der Waals surface area contributed by atoms with E-state index in [9.17, 15) is 0 Å². The zero-order chi connectivity index (χ0) is 48.3. The number of aromatic nitrogens is 1. The third-order valence-electron chi connectivity index (χ3n) is 13.9. The third kappa shape index (κ3) is 16.9. The number of nitrogen functional groups attached to an aromatic ring is 1. The number of unbranched alkanes of at least 4 members (excludes halogenated alkanes) is 6. The Labute approximate surface area is 396 Å². The van der Waals surface area contributed by atoms with Crippen LogP contribution < -0.4 is 5.73 Å². The van der Waals surface area contributed by atoms with Gasteiger partial charge in [-0.25, -0.2) is 0 Å². The highest BCUT2D eigenvalue weighted by Gasteiger charge is 2.29. The van der Waals surface area contributed by atoms with Crippen LogP contribution >= 0.6 is 0 Å². The molecule has 0 aliphatic heterocycles. The Morgan fingerprint density at radius 1 is 0.703 bits per heavy atom. The Hall–Kier alpha value is -3.78. The standard InChI is InChI=1S/C45H62N2.C11H22.C6H14/c1-14-25-45(13,39-23-22-38(42(46)32(39)6)35(29(3)15-2)19-16-31(5)43(7,8)9)26-24-30(4)33-17-20-36-37-21-18-34(44(10,11)12)28-41(37)47-40(36)27-33;1-4-6-8-10-11(3)9-7-5-2;1-3-5-6-4-2/h16-24,27-29,47H,14-15,25-26,46H2,1-13H3;3-10H2,1-2H3;3-6H2,1-2H3/b30-24+,31-16+,35-19+;;. The molecule has 0 spiro atoms. The van der Waals surface area contributed by atoms with Crippen LogP contribution in [0.1, 0.15) is 235 Å². The summed E-state index contributed by atoms with van der Waals surface area (Å²) in [6, 6.07) is 18.4. The van der Waals surface area contributed by atoms with E-state index in [1.807, 2.05) is 0 Å². The number of aromatic amines is 1. The number of allylic oxidation sites excluding steroid dienone is 7. The molecule has 0 saturated carbocycles. The van der Waals surface area contributed by atoms with Crippen molar-refractivity contribution in [3.05, 3.63) is 112 Å². The van der Waals surface area contributed by atoms with Gasteiger partial charge in [-0.3, -0.25) is 0 Å². The lowest BCUT2D eigenvalue weighted by atomic mass is 9.72. The van der Waals surface area contributed by atoms with Crippen molar-refractivity contribution in [3.63, 3.8) is 0 Å². The summed E-state index contributed by atoms with van der Waals surface area (Å²) in [4.78, 5) is 3.72. The van der Waals surface area contributed by atoms with Crippen molar-refractivity contribution in [2.45, 2.75) is 225 Å². The quantitative estimate of drug-likeness (QED) is 0.0395. The number of H-pyrrole nitrogens is 1. The van der Waals surface area contributed by atoms with E-state index < -0.39 is 0 Å². The molecule has 0 aliphatic carbocycles. The molecule has 0 amide bonds. The van der Waals surface area contributed by atoms with E-state index in [0.717, 1.165) is 31.4 Å². The minimum Gasteiger partial charge on any atom is -0.398 e. The Morgan fingerprint density at radius 2 is 1.27 bits per heavy atom. The van der Waals surface area contributed by atoms with Gasteiger partial charge in [0.15, 0.2) is 0 Å². The topological polar surface area (TPSA) is 41.8 Å². The molecular weight excluding hydrogens is 773 g/mol. The Bertz CT molecular complexity index is 2110. The molecule has 3 aromatic carbocycles. The number of hydrogen-bond acceptors (Lipinski definition) is 1. The van der Waals surface area contributed by atoms with E-state index >= 15 is 0 Å². The normalized spacial score (nSPS) is 14.2. The van der Waals surface area contributed by atoms with E-state index in [1.54, 1.807) is 0 Å². The van der Waals surface area contributed by atoms with Gasteiger partial charge in [0.25, 0.3) is 0 Å². The molecule has 64 heavy (non-hydrogen) atoms. The number of rotatable bonds is 20. The summed E-state index contributed by atoms with van der Waals surface area (Å²) >= 11 is 0. The molecule has 4 aromatic rings. The number of fused-ring (bicyclic) bond motifs is 3. The van der Waals surface area contributed by atoms with E-state index in [4.69, 9.17) is 5.73 Å². The molecule has 2 unspecified atom stereocenters. The van der Waals surface area contributed by atoms with Crippen LogP contribution in [0.25, 0.3) is 33.0 Å². The average molecular weight is 871 g/mol. The molecular formula is C62H98N2. The Balaban J connectivity index is 0.000000697. The summed E-state index contributed by atoms with van der Waals surface area (Å²) in [5.41, 5.74) is 22.5. The first kappa shape index (κ1) is 56.3. The molecule has 2 heteroatoms. The maximum Gasteiger partial charge on any atom is 0.0470 e. The van der Waals surface area contributed by atoms with Crippen LogP contribution in [0.4, 0.5) is 5.69 Å². The van der Waals surface area contributed by atoms with Crippen LogP contribution in [-0.2, 0) is 10.8 Å². The number of hydrogen-bond donors (Lipinski definition) is 2. The molecule has 2 nitrogen and oxygen atoms in total. The van der Waals surface area contributed by atoms with Gasteiger partial charge in [-0.1, -0.05) is 221 Å². The van der Waals surface area contributed by atoms with Gasteiger partial charge in [0.05, 0.1) is 0 Å². The first-order valence-electron chi connectivity index (χ1n) is 25.8. The van der Waals surface area contributed by atoms with Crippen molar-refractivity contribution < 1.29 is 0 Å². The Morgan fingerprint density at radius 3 is 1.81 bits per heavy atom. The predicted molar refractivity (Wildman–Crippen MR) is 294 cm³/mol. The minimum atomic E-state index is -0.00963. The SMILES string of the molecule is C=C(CCCC)CCCCC.CCCC(C)(C/C=C(\C)c1ccc2c(c1)[nH]c1cc(C(C)(C)C)ccc12)c1ccc(/C(=C/C=C(\C)C(C)(C)C)C(C)CC)c(N)c1C.CCCCCC. The maximum absolute atomic E-state index is 7.05. The molecule has 4 rings (SSSR count). The molecule has 2 atom stereocenters. The maximum atomic E-state index is 7.05. The molecule has 1 aromatic heterocycles. The highest BCUT2D eigenvalue weighted by atomic mass is 14.7. The van der Waals surface area contributed by atoms with Gasteiger partial charge >= 0.3 is 0 Å². The van der Waals surface area contributed by atoms with E-state index in [1.165, 1.54) is 143 Å². The average Bonchev–Trinajstić information content (AvgIpc) is 3.62. The van der Waals surface area contributed by atoms with Gasteiger partial charge in [0.1, 0.15) is 0 Å². The molecule has 0 bridgehead atoms. The fourth-order valence-electron chi connectivity index (χ4n) is 8.53. The number of nitrogens with one attached hydrogen (secondary N) is 1. The molecule has 1 heterocycles. The largest absolute Gasteiger partial charge is 0.398 e. The second-order valence-corrected chi connectivity index (χ2v) is 21.5. The fourth-order valence-corrected chi connectivity index (χ4v) is 8.53. The van der Waals surface area contributed by atoms with Crippen molar-refractivity contribution in [1.29, 1.82) is 0 Å². The van der Waals surface area contributed by atoms with Crippen molar-refractivity contribution in [3.8, 4) is 0 Å². The molecule has 0 aliphatic rings. The molecule has 0 radical (unpaired) electrons. The van der Waals surface area contributed by atoms with E-state index in [2.05, 4.69) is 196 Å². The lowest BCUT2D eigenvalue weighted by molar-refractivity contribution is 0.431. The van der Waals surface area contributed by atoms with Crippen LogP contribution in [0.3, 0.4) is 0 Å². The first-order chi connectivity index (χ1) is 30.1. The fraction of sp³-hybridized carbons (Fsp3) is 0.581. The predicted octanol–water partition coefficient (Wildman–Crippen LogP) is 20.4. The third-order valence-corrected chi connectivity index (χ3v) is 13.9. The first-order valence-corrected chi connectivity index (χ1v) is 25.8. The molecule has 356 valence electrons. The Kier molecular flexibility index (Phi) is 23.8. The molecule has 3 N–H and O–H groups in total.